The van der Waals surface area contributed by atoms with Crippen molar-refractivity contribution in [2.24, 2.45) is 0 Å². The van der Waals surface area contributed by atoms with Crippen LogP contribution in [0.5, 0.6) is 0 Å². The summed E-state index contributed by atoms with van der Waals surface area (Å²) in [6, 6.07) is 2.33. The highest BCUT2D eigenvalue weighted by molar-refractivity contribution is 8.14. The minimum absolute atomic E-state index is 0.0588. The molecule has 1 aliphatic rings. The molecule has 0 unspecified atom stereocenters. The monoisotopic (exact) mass is 226 g/mol. The van der Waals surface area contributed by atoms with E-state index in [-0.39, 0.29) is 5.24 Å². The van der Waals surface area contributed by atoms with E-state index in [4.69, 9.17) is 5.26 Å². The van der Waals surface area contributed by atoms with Gasteiger partial charge in [0.2, 0.25) is 0 Å². The first-order valence-electron chi connectivity index (χ1n) is 5.56. The van der Waals surface area contributed by atoms with Crippen LogP contribution in [-0.2, 0) is 0 Å². The van der Waals surface area contributed by atoms with Gasteiger partial charge in [0.05, 0.1) is 6.07 Å². The quantitative estimate of drug-likeness (QED) is 0.743. The maximum Gasteiger partial charge on any atom is 0.283 e. The van der Waals surface area contributed by atoms with Crippen LogP contribution in [-0.4, -0.2) is 28.0 Å². The van der Waals surface area contributed by atoms with Crippen LogP contribution in [0.25, 0.3) is 0 Å². The number of carbonyl (C=O) groups is 1. The normalized spacial score (nSPS) is 18.5. The van der Waals surface area contributed by atoms with Crippen LogP contribution < -0.4 is 0 Å². The van der Waals surface area contributed by atoms with Crippen molar-refractivity contribution in [1.29, 1.82) is 5.26 Å². The van der Waals surface area contributed by atoms with Gasteiger partial charge in [-0.25, -0.2) is 0 Å². The maximum absolute atomic E-state index is 11.9. The van der Waals surface area contributed by atoms with Crippen molar-refractivity contribution in [3.05, 3.63) is 0 Å². The second kappa shape index (κ2) is 5.41. The summed E-state index contributed by atoms with van der Waals surface area (Å²) in [4.78, 5) is 13.6. The highest BCUT2D eigenvalue weighted by Crippen LogP contribution is 2.41. The van der Waals surface area contributed by atoms with Gasteiger partial charge in [0.1, 0.15) is 4.75 Å². The molecule has 0 radical (unpaired) electrons. The standard InChI is InChI=1S/C11H18N2OS/c1-3-13(4-2)10(14)15-11(9-12)7-5-6-8-11/h3-8H2,1-2H3. The first-order valence-corrected chi connectivity index (χ1v) is 6.38. The van der Waals surface area contributed by atoms with Crippen molar-refractivity contribution in [3.8, 4) is 6.07 Å². The number of hydrogen-bond acceptors (Lipinski definition) is 3. The third kappa shape index (κ3) is 2.88. The summed E-state index contributed by atoms with van der Waals surface area (Å²) in [7, 11) is 0. The van der Waals surface area contributed by atoms with Gasteiger partial charge in [-0.1, -0.05) is 12.8 Å². The molecule has 1 amide bonds. The fourth-order valence-electron chi connectivity index (χ4n) is 1.90. The maximum atomic E-state index is 11.9. The van der Waals surface area contributed by atoms with Crippen LogP contribution >= 0.6 is 11.8 Å². The van der Waals surface area contributed by atoms with E-state index in [0.717, 1.165) is 38.8 Å². The van der Waals surface area contributed by atoms with E-state index in [1.54, 1.807) is 4.90 Å². The Labute approximate surface area is 95.8 Å². The molecule has 1 aliphatic carbocycles. The molecule has 84 valence electrons. The summed E-state index contributed by atoms with van der Waals surface area (Å²) in [6.45, 7) is 5.39. The van der Waals surface area contributed by atoms with Crippen molar-refractivity contribution in [1.82, 2.24) is 4.90 Å². The van der Waals surface area contributed by atoms with E-state index in [1.165, 1.54) is 11.8 Å². The number of nitrogens with zero attached hydrogens (tertiary/aromatic N) is 2. The molecular weight excluding hydrogens is 208 g/mol. The summed E-state index contributed by atoms with van der Waals surface area (Å²) in [5.41, 5.74) is 0. The average molecular weight is 226 g/mol. The third-order valence-electron chi connectivity index (χ3n) is 2.92. The van der Waals surface area contributed by atoms with Crippen molar-refractivity contribution < 1.29 is 4.79 Å². The number of thioether (sulfide) groups is 1. The molecule has 15 heavy (non-hydrogen) atoms. The predicted octanol–water partition coefficient (Wildman–Crippen LogP) is 3.02. The van der Waals surface area contributed by atoms with Gasteiger partial charge in [0.15, 0.2) is 0 Å². The fourth-order valence-corrected chi connectivity index (χ4v) is 3.16. The van der Waals surface area contributed by atoms with Gasteiger partial charge in [0.25, 0.3) is 5.24 Å². The summed E-state index contributed by atoms with van der Waals surface area (Å²) in [5, 5.41) is 9.21. The molecule has 0 saturated heterocycles. The van der Waals surface area contributed by atoms with Crippen LogP contribution in [0.15, 0.2) is 0 Å². The molecule has 0 N–H and O–H groups in total. The Morgan fingerprint density at radius 2 is 1.93 bits per heavy atom. The van der Waals surface area contributed by atoms with Gasteiger partial charge in [-0.2, -0.15) is 5.26 Å². The second-order valence-electron chi connectivity index (χ2n) is 3.85. The number of amides is 1. The SMILES string of the molecule is CCN(CC)C(=O)SC1(C#N)CCCC1. The summed E-state index contributed by atoms with van der Waals surface area (Å²) in [5.74, 6) is 0. The molecule has 0 atom stereocenters. The van der Waals surface area contributed by atoms with E-state index in [0.29, 0.717) is 0 Å². The minimum atomic E-state index is -0.431. The molecule has 0 aromatic heterocycles. The molecule has 0 aliphatic heterocycles. The zero-order chi connectivity index (χ0) is 11.3. The highest BCUT2D eigenvalue weighted by atomic mass is 32.2. The molecule has 0 aromatic carbocycles. The van der Waals surface area contributed by atoms with Crippen molar-refractivity contribution in [3.63, 3.8) is 0 Å². The third-order valence-corrected chi connectivity index (χ3v) is 4.24. The second-order valence-corrected chi connectivity index (χ2v) is 5.19. The van der Waals surface area contributed by atoms with E-state index in [9.17, 15) is 4.79 Å². The molecule has 4 heteroatoms. The predicted molar refractivity (Wildman–Crippen MR) is 62.7 cm³/mol. The molecule has 1 saturated carbocycles. The van der Waals surface area contributed by atoms with Crippen LogP contribution in [0.1, 0.15) is 39.5 Å². The van der Waals surface area contributed by atoms with Gasteiger partial charge in [0, 0.05) is 13.1 Å². The average Bonchev–Trinajstić information content (AvgIpc) is 2.69. The lowest BCUT2D eigenvalue weighted by atomic mass is 10.1. The lowest BCUT2D eigenvalue weighted by Gasteiger charge is -2.24. The summed E-state index contributed by atoms with van der Waals surface area (Å²) in [6.07, 6.45) is 3.88. The Kier molecular flexibility index (Phi) is 4.46. The van der Waals surface area contributed by atoms with Gasteiger partial charge in [-0.05, 0) is 38.5 Å². The summed E-state index contributed by atoms with van der Waals surface area (Å²) >= 11 is 1.24. The Hall–Kier alpha value is -0.690. The Morgan fingerprint density at radius 3 is 2.33 bits per heavy atom. The van der Waals surface area contributed by atoms with E-state index >= 15 is 0 Å². The van der Waals surface area contributed by atoms with Crippen LogP contribution in [0.3, 0.4) is 0 Å². The molecule has 1 fully saturated rings. The van der Waals surface area contributed by atoms with Gasteiger partial charge in [-0.3, -0.25) is 4.79 Å². The number of rotatable bonds is 3. The largest absolute Gasteiger partial charge is 0.334 e. The Balaban J connectivity index is 2.60. The zero-order valence-corrected chi connectivity index (χ0v) is 10.3. The Bertz CT molecular complexity index is 262. The highest BCUT2D eigenvalue weighted by Gasteiger charge is 2.38. The Morgan fingerprint density at radius 1 is 1.40 bits per heavy atom. The molecule has 0 spiro atoms. The fraction of sp³-hybridized carbons (Fsp3) is 0.818. The lowest BCUT2D eigenvalue weighted by Crippen LogP contribution is -2.31. The smallest absolute Gasteiger partial charge is 0.283 e. The van der Waals surface area contributed by atoms with Crippen LogP contribution in [0.2, 0.25) is 0 Å². The first kappa shape index (κ1) is 12.4. The number of carbonyl (C=O) groups excluding carboxylic acids is 1. The van der Waals surface area contributed by atoms with E-state index < -0.39 is 4.75 Å². The van der Waals surface area contributed by atoms with Crippen molar-refractivity contribution >= 4 is 17.0 Å². The van der Waals surface area contributed by atoms with Crippen molar-refractivity contribution in [2.45, 2.75) is 44.3 Å². The lowest BCUT2D eigenvalue weighted by molar-refractivity contribution is 0.228. The first-order chi connectivity index (χ1) is 7.17. The zero-order valence-electron chi connectivity index (χ0n) is 9.45. The van der Waals surface area contributed by atoms with Crippen LogP contribution in [0, 0.1) is 11.3 Å². The van der Waals surface area contributed by atoms with E-state index in [2.05, 4.69) is 6.07 Å². The molecule has 0 aromatic rings. The van der Waals surface area contributed by atoms with E-state index in [1.807, 2.05) is 13.8 Å². The molecule has 3 nitrogen and oxygen atoms in total. The number of nitriles is 1. The topological polar surface area (TPSA) is 44.1 Å². The van der Waals surface area contributed by atoms with Gasteiger partial charge in [-0.15, -0.1) is 0 Å². The molecule has 0 heterocycles. The summed E-state index contributed by atoms with van der Waals surface area (Å²) < 4.78 is -0.431. The molecule has 1 rings (SSSR count). The molecular formula is C11H18N2OS. The molecule has 0 bridgehead atoms. The number of hydrogen-bond donors (Lipinski definition) is 0. The van der Waals surface area contributed by atoms with Gasteiger partial charge >= 0.3 is 0 Å². The van der Waals surface area contributed by atoms with Gasteiger partial charge < -0.3 is 4.90 Å². The van der Waals surface area contributed by atoms with Crippen LogP contribution in [0.4, 0.5) is 4.79 Å². The minimum Gasteiger partial charge on any atom is -0.334 e. The van der Waals surface area contributed by atoms with Crippen molar-refractivity contribution in [2.75, 3.05) is 13.1 Å².